The zero-order chi connectivity index (χ0) is 23.9. The monoisotopic (exact) mass is 501 g/mol. The maximum Gasteiger partial charge on any atom is 0.229 e. The standard InChI is InChI=1S/C28H33Cl2NOS/c1-6-12-28(5)15-24(19-8-7-9-20(29)13-19)26-22-11-10-21(30)14-23(22)18(4)25(16-33-17(2)3)31(26)27(28)32/h6-11,13-14,17-18,24-26H,1,12,15-16H2,2-5H3/t18?,24-,25-,26-,28+/m1/s1. The van der Waals surface area contributed by atoms with Crippen molar-refractivity contribution in [2.75, 3.05) is 5.75 Å². The lowest BCUT2D eigenvalue weighted by molar-refractivity contribution is -0.155. The van der Waals surface area contributed by atoms with Crippen LogP contribution in [0.2, 0.25) is 10.0 Å². The molecule has 2 aromatic rings. The van der Waals surface area contributed by atoms with Crippen LogP contribution in [0.5, 0.6) is 0 Å². The number of hydrogen-bond donors (Lipinski definition) is 0. The quantitative estimate of drug-likeness (QED) is 0.371. The molecule has 2 aliphatic heterocycles. The molecule has 1 unspecified atom stereocenters. The largest absolute Gasteiger partial charge is 0.330 e. The molecule has 0 spiro atoms. The van der Waals surface area contributed by atoms with Crippen LogP contribution in [0.25, 0.3) is 0 Å². The molecule has 4 rings (SSSR count). The first-order chi connectivity index (χ1) is 15.7. The van der Waals surface area contributed by atoms with Gasteiger partial charge in [-0.05, 0) is 59.0 Å². The number of thioether (sulfide) groups is 1. The number of fused-ring (bicyclic) bond motifs is 3. The average Bonchev–Trinajstić information content (AvgIpc) is 2.76. The van der Waals surface area contributed by atoms with E-state index < -0.39 is 5.41 Å². The molecule has 1 amide bonds. The summed E-state index contributed by atoms with van der Waals surface area (Å²) in [4.78, 5) is 16.4. The number of amides is 1. The summed E-state index contributed by atoms with van der Waals surface area (Å²) in [7, 11) is 0. The molecule has 0 aromatic heterocycles. The number of carbonyl (C=O) groups excluding carboxylic acids is 1. The van der Waals surface area contributed by atoms with E-state index in [1.165, 1.54) is 16.7 Å². The van der Waals surface area contributed by atoms with E-state index in [0.717, 1.165) is 22.2 Å². The topological polar surface area (TPSA) is 20.3 Å². The van der Waals surface area contributed by atoms with E-state index in [-0.39, 0.29) is 29.8 Å². The van der Waals surface area contributed by atoms with Gasteiger partial charge in [0.15, 0.2) is 0 Å². The first kappa shape index (κ1) is 24.7. The Morgan fingerprint density at radius 2 is 1.91 bits per heavy atom. The highest BCUT2D eigenvalue weighted by Crippen LogP contribution is 2.56. The summed E-state index contributed by atoms with van der Waals surface area (Å²) in [6.45, 7) is 12.8. The number of nitrogens with zero attached hydrogens (tertiary/aromatic N) is 1. The Labute approximate surface area is 212 Å². The summed E-state index contributed by atoms with van der Waals surface area (Å²) in [5.74, 6) is 1.49. The smallest absolute Gasteiger partial charge is 0.229 e. The molecule has 0 aliphatic carbocycles. The van der Waals surface area contributed by atoms with Gasteiger partial charge in [0.2, 0.25) is 5.91 Å². The van der Waals surface area contributed by atoms with Gasteiger partial charge in [-0.2, -0.15) is 11.8 Å². The summed E-state index contributed by atoms with van der Waals surface area (Å²) < 4.78 is 0. The van der Waals surface area contributed by atoms with E-state index in [4.69, 9.17) is 23.2 Å². The van der Waals surface area contributed by atoms with Crippen LogP contribution in [0.1, 0.15) is 75.1 Å². The van der Waals surface area contributed by atoms with Crippen LogP contribution in [0.15, 0.2) is 55.1 Å². The van der Waals surface area contributed by atoms with Gasteiger partial charge in [0, 0.05) is 33.7 Å². The van der Waals surface area contributed by atoms with E-state index in [9.17, 15) is 4.79 Å². The molecule has 5 atom stereocenters. The highest BCUT2D eigenvalue weighted by atomic mass is 35.5. The number of halogens is 2. The molecule has 1 fully saturated rings. The van der Waals surface area contributed by atoms with Gasteiger partial charge in [-0.25, -0.2) is 0 Å². The normalized spacial score (nSPS) is 29.1. The SMILES string of the molecule is C=CC[C@@]1(C)C[C@H](c2cccc(Cl)c2)[C@H]2c3ccc(Cl)cc3C(C)[C@@H](CSC(C)C)N2C1=O. The summed E-state index contributed by atoms with van der Waals surface area (Å²) in [6, 6.07) is 14.4. The number of benzene rings is 2. The molecule has 0 bridgehead atoms. The van der Waals surface area contributed by atoms with Crippen molar-refractivity contribution in [1.82, 2.24) is 4.90 Å². The van der Waals surface area contributed by atoms with E-state index in [1.807, 2.05) is 36.0 Å². The van der Waals surface area contributed by atoms with Crippen molar-refractivity contribution in [3.05, 3.63) is 81.9 Å². The number of rotatable bonds is 6. The summed E-state index contributed by atoms with van der Waals surface area (Å²) in [5.41, 5.74) is 3.18. The van der Waals surface area contributed by atoms with Crippen LogP contribution in [0.3, 0.4) is 0 Å². The third-order valence-electron chi connectivity index (χ3n) is 7.37. The first-order valence-corrected chi connectivity index (χ1v) is 13.6. The fourth-order valence-corrected chi connectivity index (χ4v) is 7.15. The van der Waals surface area contributed by atoms with Gasteiger partial charge in [0.05, 0.1) is 11.5 Å². The van der Waals surface area contributed by atoms with Gasteiger partial charge in [-0.1, -0.05) is 75.2 Å². The molecule has 1 saturated heterocycles. The van der Waals surface area contributed by atoms with Crippen molar-refractivity contribution < 1.29 is 4.79 Å². The van der Waals surface area contributed by atoms with Crippen LogP contribution in [0.4, 0.5) is 0 Å². The number of allylic oxidation sites excluding steroid dienone is 1. The molecule has 2 aromatic carbocycles. The third kappa shape index (κ3) is 4.61. The zero-order valence-electron chi connectivity index (χ0n) is 19.9. The Hall–Kier alpha value is -1.42. The minimum Gasteiger partial charge on any atom is -0.330 e. The third-order valence-corrected chi connectivity index (χ3v) is 9.04. The molecule has 2 nitrogen and oxygen atoms in total. The lowest BCUT2D eigenvalue weighted by atomic mass is 9.64. The predicted molar refractivity (Wildman–Crippen MR) is 143 cm³/mol. The molecule has 2 heterocycles. The second-order valence-corrected chi connectivity index (χ2v) is 12.6. The van der Waals surface area contributed by atoms with Gasteiger partial charge >= 0.3 is 0 Å². The van der Waals surface area contributed by atoms with Crippen LogP contribution in [0, 0.1) is 5.41 Å². The Morgan fingerprint density at radius 3 is 2.58 bits per heavy atom. The molecule has 0 radical (unpaired) electrons. The second kappa shape index (κ2) is 9.68. The molecule has 176 valence electrons. The minimum absolute atomic E-state index is 0.0323. The van der Waals surface area contributed by atoms with Gasteiger partial charge in [0.1, 0.15) is 0 Å². The highest BCUT2D eigenvalue weighted by Gasteiger charge is 2.54. The molecular formula is C28H33Cl2NOS. The van der Waals surface area contributed by atoms with Crippen LogP contribution < -0.4 is 0 Å². The van der Waals surface area contributed by atoms with Gasteiger partial charge < -0.3 is 4.90 Å². The molecule has 0 N–H and O–H groups in total. The Morgan fingerprint density at radius 1 is 1.18 bits per heavy atom. The van der Waals surface area contributed by atoms with Crippen molar-refractivity contribution >= 4 is 40.9 Å². The van der Waals surface area contributed by atoms with E-state index >= 15 is 0 Å². The van der Waals surface area contributed by atoms with Crippen molar-refractivity contribution in [2.45, 2.75) is 69.7 Å². The molecular weight excluding hydrogens is 469 g/mol. The fraction of sp³-hybridized carbons (Fsp3) is 0.464. The van der Waals surface area contributed by atoms with E-state index in [1.54, 1.807) is 0 Å². The van der Waals surface area contributed by atoms with Crippen LogP contribution in [-0.2, 0) is 4.79 Å². The van der Waals surface area contributed by atoms with E-state index in [0.29, 0.717) is 11.7 Å². The summed E-state index contributed by atoms with van der Waals surface area (Å²) in [6.07, 6.45) is 3.32. The second-order valence-electron chi connectivity index (χ2n) is 10.1. The maximum absolute atomic E-state index is 14.2. The van der Waals surface area contributed by atoms with Gasteiger partial charge in [0.25, 0.3) is 0 Å². The lowest BCUT2D eigenvalue weighted by Crippen LogP contribution is -2.59. The molecule has 33 heavy (non-hydrogen) atoms. The Kier molecular flexibility index (Phi) is 7.24. The predicted octanol–water partition coefficient (Wildman–Crippen LogP) is 8.26. The average molecular weight is 503 g/mol. The van der Waals surface area contributed by atoms with Crippen molar-refractivity contribution in [1.29, 1.82) is 0 Å². The number of hydrogen-bond acceptors (Lipinski definition) is 2. The summed E-state index contributed by atoms with van der Waals surface area (Å²) in [5, 5.41) is 1.98. The van der Waals surface area contributed by atoms with Gasteiger partial charge in [-0.15, -0.1) is 6.58 Å². The van der Waals surface area contributed by atoms with E-state index in [2.05, 4.69) is 63.4 Å². The van der Waals surface area contributed by atoms with Crippen molar-refractivity contribution in [3.63, 3.8) is 0 Å². The number of carbonyl (C=O) groups is 1. The maximum atomic E-state index is 14.2. The highest BCUT2D eigenvalue weighted by molar-refractivity contribution is 7.99. The molecule has 2 aliphatic rings. The van der Waals surface area contributed by atoms with Crippen LogP contribution >= 0.6 is 35.0 Å². The molecule has 5 heteroatoms. The van der Waals surface area contributed by atoms with Gasteiger partial charge in [-0.3, -0.25) is 4.79 Å². The first-order valence-electron chi connectivity index (χ1n) is 11.8. The fourth-order valence-electron chi connectivity index (χ4n) is 5.74. The zero-order valence-corrected chi connectivity index (χ0v) is 22.2. The Bertz CT molecular complexity index is 1050. The molecule has 0 saturated carbocycles. The lowest BCUT2D eigenvalue weighted by Gasteiger charge is -2.56. The minimum atomic E-state index is -0.490. The summed E-state index contributed by atoms with van der Waals surface area (Å²) >= 11 is 14.8. The number of piperidine rings is 1. The van der Waals surface area contributed by atoms with Crippen molar-refractivity contribution in [3.8, 4) is 0 Å². The van der Waals surface area contributed by atoms with Crippen molar-refractivity contribution in [2.24, 2.45) is 5.41 Å². The Balaban J connectivity index is 1.92. The van der Waals surface area contributed by atoms with Crippen LogP contribution in [-0.4, -0.2) is 27.9 Å².